The number of rotatable bonds is 8. The zero-order valence-electron chi connectivity index (χ0n) is 15.7. The van der Waals surface area contributed by atoms with Crippen LogP contribution in [0.5, 0.6) is 17.2 Å². The van der Waals surface area contributed by atoms with Crippen molar-refractivity contribution in [1.82, 2.24) is 4.90 Å². The summed E-state index contributed by atoms with van der Waals surface area (Å²) in [7, 11) is 3.31. The Hall–Kier alpha value is -2.51. The number of methoxy groups -OCH3 is 1. The zero-order chi connectivity index (χ0) is 19.9. The molecule has 0 aromatic heterocycles. The number of benzene rings is 2. The van der Waals surface area contributed by atoms with Gasteiger partial charge in [0.1, 0.15) is 21.6 Å². The van der Waals surface area contributed by atoms with Crippen molar-refractivity contribution in [1.29, 1.82) is 0 Å². The average molecular weight is 416 g/mol. The molecule has 28 heavy (non-hydrogen) atoms. The molecule has 1 amide bonds. The van der Waals surface area contributed by atoms with Gasteiger partial charge in [0.05, 0.1) is 25.2 Å². The minimum atomic E-state index is -0.0866. The van der Waals surface area contributed by atoms with E-state index < -0.39 is 0 Å². The van der Waals surface area contributed by atoms with Gasteiger partial charge in [-0.05, 0) is 24.3 Å². The molecule has 7 heteroatoms. The Morgan fingerprint density at radius 1 is 1.07 bits per heavy atom. The maximum atomic E-state index is 12.2. The van der Waals surface area contributed by atoms with E-state index in [2.05, 4.69) is 0 Å². The van der Waals surface area contributed by atoms with Crippen molar-refractivity contribution in [2.75, 3.05) is 27.4 Å². The third-order valence-corrected chi connectivity index (χ3v) is 5.53. The van der Waals surface area contributed by atoms with E-state index >= 15 is 0 Å². The highest BCUT2D eigenvalue weighted by atomic mass is 32.2. The number of thioether (sulfide) groups is 1. The van der Waals surface area contributed by atoms with E-state index in [-0.39, 0.29) is 5.91 Å². The molecule has 2 aromatic carbocycles. The molecule has 146 valence electrons. The van der Waals surface area contributed by atoms with Gasteiger partial charge in [-0.15, -0.1) is 0 Å². The van der Waals surface area contributed by atoms with E-state index in [1.807, 2.05) is 54.6 Å². The number of hydrogen-bond acceptors (Lipinski definition) is 6. The highest BCUT2D eigenvalue weighted by Crippen LogP contribution is 2.33. The third-order valence-electron chi connectivity index (χ3n) is 4.05. The lowest BCUT2D eigenvalue weighted by molar-refractivity contribution is -0.121. The van der Waals surface area contributed by atoms with Gasteiger partial charge in [0, 0.05) is 25.1 Å². The zero-order valence-corrected chi connectivity index (χ0v) is 17.3. The second-order valence-electron chi connectivity index (χ2n) is 6.01. The fourth-order valence-electron chi connectivity index (χ4n) is 2.54. The lowest BCUT2D eigenvalue weighted by Crippen LogP contribution is -2.22. The highest BCUT2D eigenvalue weighted by molar-refractivity contribution is 8.26. The van der Waals surface area contributed by atoms with E-state index in [1.165, 1.54) is 16.7 Å². The fraction of sp³-hybridized carbons (Fsp3) is 0.238. The smallest absolute Gasteiger partial charge is 0.265 e. The third kappa shape index (κ3) is 5.05. The largest absolute Gasteiger partial charge is 0.497 e. The van der Waals surface area contributed by atoms with Gasteiger partial charge in [0.2, 0.25) is 0 Å². The minimum Gasteiger partial charge on any atom is -0.497 e. The van der Waals surface area contributed by atoms with Crippen LogP contribution in [0.2, 0.25) is 0 Å². The van der Waals surface area contributed by atoms with Crippen molar-refractivity contribution in [2.45, 2.75) is 6.42 Å². The molecule has 0 unspecified atom stereocenters. The maximum absolute atomic E-state index is 12.2. The quantitative estimate of drug-likeness (QED) is 0.362. The Morgan fingerprint density at radius 3 is 2.57 bits per heavy atom. The van der Waals surface area contributed by atoms with Crippen LogP contribution in [0.15, 0.2) is 53.4 Å². The summed E-state index contributed by atoms with van der Waals surface area (Å²) in [6, 6.07) is 15.1. The Kier molecular flexibility index (Phi) is 6.95. The molecule has 1 saturated heterocycles. The highest BCUT2D eigenvalue weighted by Gasteiger charge is 2.28. The Morgan fingerprint density at radius 2 is 1.82 bits per heavy atom. The number of nitrogens with zero attached hydrogens (tertiary/aromatic N) is 1. The van der Waals surface area contributed by atoms with Crippen LogP contribution in [-0.2, 0) is 4.79 Å². The molecule has 0 bridgehead atoms. The molecule has 0 atom stereocenters. The topological polar surface area (TPSA) is 48.0 Å². The predicted molar refractivity (Wildman–Crippen MR) is 116 cm³/mol. The molecule has 1 aliphatic rings. The molecule has 2 aromatic rings. The SMILES string of the molecule is COc1cccc(OCCCOc2ccccc2/C=C2\SC(=S)N(C)C2=O)c1. The van der Waals surface area contributed by atoms with Crippen LogP contribution in [0.25, 0.3) is 6.08 Å². The van der Waals surface area contributed by atoms with Crippen molar-refractivity contribution < 1.29 is 19.0 Å². The van der Waals surface area contributed by atoms with Crippen LogP contribution in [0.4, 0.5) is 0 Å². The lowest BCUT2D eigenvalue weighted by atomic mass is 10.2. The first-order valence-corrected chi connectivity index (χ1v) is 10.0. The van der Waals surface area contributed by atoms with E-state index in [4.69, 9.17) is 26.4 Å². The summed E-state index contributed by atoms with van der Waals surface area (Å²) in [5.74, 6) is 2.17. The summed E-state index contributed by atoms with van der Waals surface area (Å²) in [4.78, 5) is 14.3. The number of likely N-dealkylation sites (N-methyl/N-ethyl adjacent to an activating group) is 1. The summed E-state index contributed by atoms with van der Waals surface area (Å²) in [5, 5.41) is 0. The molecule has 5 nitrogen and oxygen atoms in total. The number of carbonyl (C=O) groups is 1. The van der Waals surface area contributed by atoms with Gasteiger partial charge in [-0.25, -0.2) is 0 Å². The van der Waals surface area contributed by atoms with Crippen LogP contribution in [-0.4, -0.2) is 42.5 Å². The summed E-state index contributed by atoms with van der Waals surface area (Å²) in [5.41, 5.74) is 0.852. The fourth-order valence-corrected chi connectivity index (χ4v) is 3.71. The van der Waals surface area contributed by atoms with Gasteiger partial charge in [0.25, 0.3) is 5.91 Å². The van der Waals surface area contributed by atoms with E-state index in [9.17, 15) is 4.79 Å². The first-order chi connectivity index (χ1) is 13.6. The van der Waals surface area contributed by atoms with Crippen molar-refractivity contribution in [3.05, 3.63) is 59.0 Å². The number of thiocarbonyl (C=S) groups is 1. The summed E-state index contributed by atoms with van der Waals surface area (Å²) in [6.07, 6.45) is 2.55. The second-order valence-corrected chi connectivity index (χ2v) is 7.68. The molecule has 3 rings (SSSR count). The molecular formula is C21H21NO4S2. The Labute approximate surface area is 174 Å². The van der Waals surface area contributed by atoms with Crippen molar-refractivity contribution in [3.8, 4) is 17.2 Å². The van der Waals surface area contributed by atoms with Crippen molar-refractivity contribution >= 4 is 40.3 Å². The van der Waals surface area contributed by atoms with Gasteiger partial charge >= 0.3 is 0 Å². The molecular weight excluding hydrogens is 394 g/mol. The molecule has 1 fully saturated rings. The van der Waals surface area contributed by atoms with Gasteiger partial charge in [-0.2, -0.15) is 0 Å². The molecule has 0 aliphatic carbocycles. The minimum absolute atomic E-state index is 0.0866. The van der Waals surface area contributed by atoms with Crippen LogP contribution in [0.1, 0.15) is 12.0 Å². The molecule has 0 radical (unpaired) electrons. The molecule has 1 aliphatic heterocycles. The average Bonchev–Trinajstić information content (AvgIpc) is 2.95. The first-order valence-electron chi connectivity index (χ1n) is 8.78. The molecule has 0 N–H and O–H groups in total. The standard InChI is InChI=1S/C21H21NO4S2/c1-22-20(23)19(28-21(22)27)13-15-7-3-4-10-18(15)26-12-6-11-25-17-9-5-8-16(14-17)24-2/h3-5,7-10,13-14H,6,11-12H2,1-2H3/b19-13-. The molecule has 0 spiro atoms. The van der Waals surface area contributed by atoms with Crippen LogP contribution < -0.4 is 14.2 Å². The first kappa shape index (κ1) is 20.2. The molecule has 0 saturated carbocycles. The van der Waals surface area contributed by atoms with Gasteiger partial charge in [-0.3, -0.25) is 9.69 Å². The second kappa shape index (κ2) is 9.61. The summed E-state index contributed by atoms with van der Waals surface area (Å²) >= 11 is 6.48. The molecule has 1 heterocycles. The van der Waals surface area contributed by atoms with Crippen LogP contribution in [0, 0.1) is 0 Å². The number of amides is 1. The number of para-hydroxylation sites is 1. The number of ether oxygens (including phenoxy) is 3. The van der Waals surface area contributed by atoms with E-state index in [1.54, 1.807) is 14.2 Å². The van der Waals surface area contributed by atoms with Crippen LogP contribution in [0.3, 0.4) is 0 Å². The van der Waals surface area contributed by atoms with Crippen LogP contribution >= 0.6 is 24.0 Å². The van der Waals surface area contributed by atoms with Gasteiger partial charge in [-0.1, -0.05) is 48.2 Å². The van der Waals surface area contributed by atoms with Gasteiger partial charge in [0.15, 0.2) is 0 Å². The number of hydrogen-bond donors (Lipinski definition) is 0. The number of carbonyl (C=O) groups excluding carboxylic acids is 1. The van der Waals surface area contributed by atoms with E-state index in [0.717, 1.165) is 29.2 Å². The Balaban J connectivity index is 1.54. The monoisotopic (exact) mass is 415 g/mol. The van der Waals surface area contributed by atoms with Crippen molar-refractivity contribution in [3.63, 3.8) is 0 Å². The maximum Gasteiger partial charge on any atom is 0.265 e. The van der Waals surface area contributed by atoms with E-state index in [0.29, 0.717) is 22.4 Å². The summed E-state index contributed by atoms with van der Waals surface area (Å²) < 4.78 is 17.4. The van der Waals surface area contributed by atoms with Gasteiger partial charge < -0.3 is 14.2 Å². The lowest BCUT2D eigenvalue weighted by Gasteiger charge is -2.11. The summed E-state index contributed by atoms with van der Waals surface area (Å²) in [6.45, 7) is 1.04. The Bertz CT molecular complexity index is 897. The normalized spacial score (nSPS) is 15.2. The predicted octanol–water partition coefficient (Wildman–Crippen LogP) is 4.37. The van der Waals surface area contributed by atoms with Crippen molar-refractivity contribution in [2.24, 2.45) is 0 Å².